The quantitative estimate of drug-likeness (QED) is 0.654. The molecule has 1 amide bonds. The van der Waals surface area contributed by atoms with Gasteiger partial charge in [0, 0.05) is 13.1 Å². The largest absolute Gasteiger partial charge is 0.339 e. The van der Waals surface area contributed by atoms with Gasteiger partial charge in [0.2, 0.25) is 5.91 Å². The van der Waals surface area contributed by atoms with Crippen LogP contribution in [-0.2, 0) is 4.79 Å². The van der Waals surface area contributed by atoms with Gasteiger partial charge in [-0.05, 0) is 44.1 Å². The van der Waals surface area contributed by atoms with Crippen LogP contribution < -0.4 is 0 Å². The molecule has 0 aromatic rings. The number of amides is 1. The van der Waals surface area contributed by atoms with Crippen molar-refractivity contribution in [2.45, 2.75) is 40.0 Å². The molecule has 0 radical (unpaired) electrons. The lowest BCUT2D eigenvalue weighted by atomic mass is 9.88. The lowest BCUT2D eigenvalue weighted by Gasteiger charge is -2.32. The Kier molecular flexibility index (Phi) is 4.86. The van der Waals surface area contributed by atoms with Crippen LogP contribution in [0.15, 0.2) is 12.2 Å². The third-order valence-corrected chi connectivity index (χ3v) is 3.04. The zero-order valence-corrected chi connectivity index (χ0v) is 10.2. The van der Waals surface area contributed by atoms with E-state index in [-0.39, 0.29) is 5.91 Å². The molecule has 1 rings (SSSR count). The van der Waals surface area contributed by atoms with Crippen molar-refractivity contribution in [3.05, 3.63) is 12.2 Å². The second kappa shape index (κ2) is 5.94. The second-order valence-corrected chi connectivity index (χ2v) is 4.90. The number of rotatable bonds is 3. The number of hydrogen-bond acceptors (Lipinski definition) is 1. The molecule has 86 valence electrons. The maximum absolute atomic E-state index is 11.6. The van der Waals surface area contributed by atoms with Gasteiger partial charge >= 0.3 is 0 Å². The zero-order valence-electron chi connectivity index (χ0n) is 10.2. The monoisotopic (exact) mass is 209 g/mol. The highest BCUT2D eigenvalue weighted by Crippen LogP contribution is 2.23. The van der Waals surface area contributed by atoms with E-state index >= 15 is 0 Å². The van der Waals surface area contributed by atoms with Crippen molar-refractivity contribution in [2.75, 3.05) is 13.1 Å². The predicted molar refractivity (Wildman–Crippen MR) is 63.6 cm³/mol. The molecule has 1 aliphatic heterocycles. The van der Waals surface area contributed by atoms with E-state index in [1.807, 2.05) is 17.9 Å². The Hall–Kier alpha value is -0.790. The van der Waals surface area contributed by atoms with E-state index in [4.69, 9.17) is 0 Å². The van der Waals surface area contributed by atoms with Crippen molar-refractivity contribution in [1.82, 2.24) is 4.90 Å². The Labute approximate surface area is 93.3 Å². The summed E-state index contributed by atoms with van der Waals surface area (Å²) < 4.78 is 0. The van der Waals surface area contributed by atoms with Gasteiger partial charge < -0.3 is 4.90 Å². The number of allylic oxidation sites excluding steroid dienone is 1. The average Bonchev–Trinajstić information content (AvgIpc) is 2.18. The van der Waals surface area contributed by atoms with Gasteiger partial charge in [-0.1, -0.05) is 19.9 Å². The minimum atomic E-state index is 0.181. The van der Waals surface area contributed by atoms with Crippen LogP contribution in [-0.4, -0.2) is 23.9 Å². The molecular weight excluding hydrogens is 186 g/mol. The second-order valence-electron chi connectivity index (χ2n) is 4.90. The van der Waals surface area contributed by atoms with Crippen molar-refractivity contribution < 1.29 is 4.79 Å². The lowest BCUT2D eigenvalue weighted by molar-refractivity contribution is -0.127. The number of likely N-dealkylation sites (tertiary alicyclic amines) is 1. The molecule has 0 unspecified atom stereocenters. The van der Waals surface area contributed by atoms with E-state index in [0.717, 1.165) is 24.9 Å². The summed E-state index contributed by atoms with van der Waals surface area (Å²) in [5.74, 6) is 1.80. The third kappa shape index (κ3) is 4.06. The summed E-state index contributed by atoms with van der Waals surface area (Å²) in [6.45, 7) is 8.33. The van der Waals surface area contributed by atoms with Gasteiger partial charge in [0.1, 0.15) is 0 Å². The van der Waals surface area contributed by atoms with E-state index in [1.54, 1.807) is 6.08 Å². The first-order chi connectivity index (χ1) is 7.13. The van der Waals surface area contributed by atoms with Crippen LogP contribution in [0.4, 0.5) is 0 Å². The normalized spacial score (nSPS) is 19.1. The lowest BCUT2D eigenvalue weighted by Crippen LogP contribution is -2.37. The van der Waals surface area contributed by atoms with E-state index < -0.39 is 0 Å². The zero-order chi connectivity index (χ0) is 11.3. The molecule has 0 aromatic carbocycles. The number of carbonyl (C=O) groups is 1. The molecule has 1 heterocycles. The molecule has 1 saturated heterocycles. The first-order valence-corrected chi connectivity index (χ1v) is 6.05. The summed E-state index contributed by atoms with van der Waals surface area (Å²) in [6.07, 6.45) is 7.17. The molecule has 0 aromatic heterocycles. The summed E-state index contributed by atoms with van der Waals surface area (Å²) >= 11 is 0. The molecular formula is C13H23NO. The van der Waals surface area contributed by atoms with E-state index in [1.165, 1.54) is 19.3 Å². The molecule has 0 N–H and O–H groups in total. The summed E-state index contributed by atoms with van der Waals surface area (Å²) in [7, 11) is 0. The molecule has 1 aliphatic rings. The van der Waals surface area contributed by atoms with Gasteiger partial charge in [0.25, 0.3) is 0 Å². The number of nitrogens with zero attached hydrogens (tertiary/aromatic N) is 1. The maximum Gasteiger partial charge on any atom is 0.246 e. The number of piperidine rings is 1. The topological polar surface area (TPSA) is 20.3 Å². The van der Waals surface area contributed by atoms with Crippen molar-refractivity contribution in [3.63, 3.8) is 0 Å². The van der Waals surface area contributed by atoms with Gasteiger partial charge in [-0.25, -0.2) is 0 Å². The van der Waals surface area contributed by atoms with Crippen LogP contribution in [0.25, 0.3) is 0 Å². The highest BCUT2D eigenvalue weighted by molar-refractivity contribution is 5.87. The minimum Gasteiger partial charge on any atom is -0.339 e. The van der Waals surface area contributed by atoms with Crippen LogP contribution in [0, 0.1) is 11.8 Å². The summed E-state index contributed by atoms with van der Waals surface area (Å²) in [5.41, 5.74) is 0. The smallest absolute Gasteiger partial charge is 0.246 e. The third-order valence-electron chi connectivity index (χ3n) is 3.04. The fourth-order valence-corrected chi connectivity index (χ4v) is 2.30. The van der Waals surface area contributed by atoms with Crippen LogP contribution >= 0.6 is 0 Å². The average molecular weight is 209 g/mol. The van der Waals surface area contributed by atoms with Crippen molar-refractivity contribution in [3.8, 4) is 0 Å². The summed E-state index contributed by atoms with van der Waals surface area (Å²) in [4.78, 5) is 13.5. The van der Waals surface area contributed by atoms with Crippen LogP contribution in [0.5, 0.6) is 0 Å². The standard InChI is InChI=1S/C13H23NO/c1-4-5-13(15)14-8-6-12(7-9-14)10-11(2)3/h4-5,11-12H,6-10H2,1-3H3/b5-4+. The maximum atomic E-state index is 11.6. The van der Waals surface area contributed by atoms with Crippen molar-refractivity contribution in [2.24, 2.45) is 11.8 Å². The minimum absolute atomic E-state index is 0.181. The van der Waals surface area contributed by atoms with Gasteiger partial charge in [0.15, 0.2) is 0 Å². The van der Waals surface area contributed by atoms with E-state index in [0.29, 0.717) is 0 Å². The summed E-state index contributed by atoms with van der Waals surface area (Å²) in [6, 6.07) is 0. The molecule has 0 atom stereocenters. The molecule has 1 fully saturated rings. The number of carbonyl (C=O) groups excluding carboxylic acids is 1. The van der Waals surface area contributed by atoms with Crippen LogP contribution in [0.2, 0.25) is 0 Å². The van der Waals surface area contributed by atoms with E-state index in [2.05, 4.69) is 13.8 Å². The SMILES string of the molecule is C/C=C/C(=O)N1CCC(CC(C)C)CC1. The molecule has 0 saturated carbocycles. The first-order valence-electron chi connectivity index (χ1n) is 6.05. The van der Waals surface area contributed by atoms with Gasteiger partial charge in [0.05, 0.1) is 0 Å². The fraction of sp³-hybridized carbons (Fsp3) is 0.769. The molecule has 2 heteroatoms. The molecule has 0 aliphatic carbocycles. The van der Waals surface area contributed by atoms with Crippen LogP contribution in [0.1, 0.15) is 40.0 Å². The Balaban J connectivity index is 2.32. The van der Waals surface area contributed by atoms with Crippen molar-refractivity contribution >= 4 is 5.91 Å². The number of hydrogen-bond donors (Lipinski definition) is 0. The molecule has 2 nitrogen and oxygen atoms in total. The molecule has 0 bridgehead atoms. The van der Waals surface area contributed by atoms with Gasteiger partial charge in [-0.3, -0.25) is 4.79 Å². The van der Waals surface area contributed by atoms with Crippen LogP contribution in [0.3, 0.4) is 0 Å². The molecule has 15 heavy (non-hydrogen) atoms. The van der Waals surface area contributed by atoms with Gasteiger partial charge in [-0.15, -0.1) is 0 Å². The summed E-state index contributed by atoms with van der Waals surface area (Å²) in [5, 5.41) is 0. The Bertz CT molecular complexity index is 225. The van der Waals surface area contributed by atoms with Crippen molar-refractivity contribution in [1.29, 1.82) is 0 Å². The first kappa shape index (κ1) is 12.3. The van der Waals surface area contributed by atoms with E-state index in [9.17, 15) is 4.79 Å². The predicted octanol–water partition coefficient (Wildman–Crippen LogP) is 2.85. The highest BCUT2D eigenvalue weighted by Gasteiger charge is 2.21. The Morgan fingerprint density at radius 1 is 1.40 bits per heavy atom. The highest BCUT2D eigenvalue weighted by atomic mass is 16.2. The fourth-order valence-electron chi connectivity index (χ4n) is 2.30. The van der Waals surface area contributed by atoms with Gasteiger partial charge in [-0.2, -0.15) is 0 Å². The Morgan fingerprint density at radius 2 is 2.00 bits per heavy atom. The Morgan fingerprint density at radius 3 is 2.47 bits per heavy atom. The molecule has 0 spiro atoms.